The monoisotopic (exact) mass is 349 g/mol. The van der Waals surface area contributed by atoms with E-state index in [4.69, 9.17) is 9.47 Å². The summed E-state index contributed by atoms with van der Waals surface area (Å²) in [6, 6.07) is 18.5. The van der Waals surface area contributed by atoms with E-state index in [1.165, 1.54) is 6.21 Å². The van der Waals surface area contributed by atoms with E-state index < -0.39 is 6.03 Å². The van der Waals surface area contributed by atoms with Gasteiger partial charge in [0.15, 0.2) is 11.5 Å². The van der Waals surface area contributed by atoms with Crippen LogP contribution in [-0.4, -0.2) is 26.5 Å². The molecule has 0 fully saturated rings. The van der Waals surface area contributed by atoms with Crippen molar-refractivity contribution in [2.45, 2.75) is 0 Å². The van der Waals surface area contributed by atoms with E-state index in [-0.39, 0.29) is 0 Å². The summed E-state index contributed by atoms with van der Waals surface area (Å²) in [6.07, 6.45) is 1.53. The zero-order valence-electron chi connectivity index (χ0n) is 14.5. The maximum atomic E-state index is 12.1. The number of nitrogens with one attached hydrogen (secondary N) is 2. The number of fused-ring (bicyclic) bond motifs is 1. The van der Waals surface area contributed by atoms with Gasteiger partial charge in [-0.25, -0.2) is 10.2 Å². The van der Waals surface area contributed by atoms with Crippen molar-refractivity contribution in [2.75, 3.05) is 19.5 Å². The van der Waals surface area contributed by atoms with E-state index in [0.29, 0.717) is 11.5 Å². The van der Waals surface area contributed by atoms with Crippen LogP contribution in [0, 0.1) is 0 Å². The fraction of sp³-hybridized carbons (Fsp3) is 0.100. The van der Waals surface area contributed by atoms with Crippen molar-refractivity contribution >= 4 is 28.7 Å². The van der Waals surface area contributed by atoms with Gasteiger partial charge in [-0.3, -0.25) is 0 Å². The van der Waals surface area contributed by atoms with Crippen molar-refractivity contribution in [3.05, 3.63) is 66.2 Å². The van der Waals surface area contributed by atoms with E-state index in [1.807, 2.05) is 48.5 Å². The molecule has 0 bridgehead atoms. The number of nitrogens with zero attached hydrogens (tertiary/aromatic N) is 1. The normalized spacial score (nSPS) is 10.7. The summed E-state index contributed by atoms with van der Waals surface area (Å²) in [5.74, 6) is 1.22. The summed E-state index contributed by atoms with van der Waals surface area (Å²) in [7, 11) is 3.14. The number of anilines is 1. The molecule has 2 amide bonds. The van der Waals surface area contributed by atoms with Gasteiger partial charge >= 0.3 is 6.03 Å². The summed E-state index contributed by atoms with van der Waals surface area (Å²) < 4.78 is 10.4. The topological polar surface area (TPSA) is 72.0 Å². The van der Waals surface area contributed by atoms with Crippen LogP contribution in [0.5, 0.6) is 11.5 Å². The molecule has 0 aliphatic heterocycles. The molecule has 0 aromatic heterocycles. The lowest BCUT2D eigenvalue weighted by atomic mass is 10.1. The van der Waals surface area contributed by atoms with Crippen LogP contribution in [0.2, 0.25) is 0 Å². The molecule has 0 saturated heterocycles. The number of amides is 2. The van der Waals surface area contributed by atoms with Crippen LogP contribution in [0.1, 0.15) is 5.56 Å². The highest BCUT2D eigenvalue weighted by Gasteiger charge is 2.05. The number of hydrogen-bond donors (Lipinski definition) is 2. The molecule has 0 saturated carbocycles. The second-order valence-electron chi connectivity index (χ2n) is 5.47. The fourth-order valence-corrected chi connectivity index (χ4v) is 2.58. The van der Waals surface area contributed by atoms with Crippen molar-refractivity contribution in [3.63, 3.8) is 0 Å². The Labute approximate surface area is 151 Å². The van der Waals surface area contributed by atoms with Gasteiger partial charge in [-0.2, -0.15) is 5.10 Å². The first-order valence-corrected chi connectivity index (χ1v) is 8.01. The Bertz CT molecular complexity index is 949. The molecule has 26 heavy (non-hydrogen) atoms. The van der Waals surface area contributed by atoms with Gasteiger partial charge in [0.05, 0.1) is 26.1 Å². The van der Waals surface area contributed by atoms with E-state index in [2.05, 4.69) is 15.8 Å². The van der Waals surface area contributed by atoms with Crippen molar-refractivity contribution in [3.8, 4) is 11.5 Å². The Morgan fingerprint density at radius 3 is 2.54 bits per heavy atom. The standard InChI is InChI=1S/C20H19N3O3/c1-25-18-11-10-14(12-19(18)26-2)13-21-23-20(24)22-17-9-5-7-15-6-3-4-8-16(15)17/h3-13H,1-2H3,(H2,22,23,24)/b21-13+. The van der Waals surface area contributed by atoms with Crippen molar-refractivity contribution in [1.82, 2.24) is 5.43 Å². The second-order valence-corrected chi connectivity index (χ2v) is 5.47. The Kier molecular flexibility index (Phi) is 5.34. The minimum atomic E-state index is -0.418. The molecule has 0 radical (unpaired) electrons. The minimum Gasteiger partial charge on any atom is -0.493 e. The van der Waals surface area contributed by atoms with Crippen LogP contribution in [-0.2, 0) is 0 Å². The average molecular weight is 349 g/mol. The van der Waals surface area contributed by atoms with Gasteiger partial charge < -0.3 is 14.8 Å². The van der Waals surface area contributed by atoms with Crippen molar-refractivity contribution in [2.24, 2.45) is 5.10 Å². The number of rotatable bonds is 5. The van der Waals surface area contributed by atoms with Gasteiger partial charge in [0.1, 0.15) is 0 Å². The number of hydrogen-bond acceptors (Lipinski definition) is 4. The fourth-order valence-electron chi connectivity index (χ4n) is 2.58. The number of carbonyl (C=O) groups is 1. The van der Waals surface area contributed by atoms with Crippen LogP contribution in [0.25, 0.3) is 10.8 Å². The smallest absolute Gasteiger partial charge is 0.339 e. The highest BCUT2D eigenvalue weighted by molar-refractivity contribution is 6.01. The van der Waals surface area contributed by atoms with E-state index >= 15 is 0 Å². The number of methoxy groups -OCH3 is 2. The predicted octanol–water partition coefficient (Wildman–Crippen LogP) is 4.01. The van der Waals surface area contributed by atoms with Crippen molar-refractivity contribution in [1.29, 1.82) is 0 Å². The lowest BCUT2D eigenvalue weighted by molar-refractivity contribution is 0.252. The van der Waals surface area contributed by atoms with Gasteiger partial charge in [0.25, 0.3) is 0 Å². The maximum Gasteiger partial charge on any atom is 0.339 e. The van der Waals surface area contributed by atoms with Gasteiger partial charge in [0, 0.05) is 5.39 Å². The van der Waals surface area contributed by atoms with Gasteiger partial charge in [-0.1, -0.05) is 36.4 Å². The predicted molar refractivity (Wildman–Crippen MR) is 103 cm³/mol. The van der Waals surface area contributed by atoms with E-state index in [0.717, 1.165) is 22.0 Å². The summed E-state index contributed by atoms with van der Waals surface area (Å²) >= 11 is 0. The highest BCUT2D eigenvalue weighted by atomic mass is 16.5. The zero-order chi connectivity index (χ0) is 18.4. The molecule has 0 aliphatic carbocycles. The zero-order valence-corrected chi connectivity index (χ0v) is 14.5. The molecule has 6 heteroatoms. The number of urea groups is 1. The molecule has 132 valence electrons. The molecule has 3 rings (SSSR count). The molecule has 3 aromatic carbocycles. The number of carbonyl (C=O) groups excluding carboxylic acids is 1. The number of hydrazone groups is 1. The van der Waals surface area contributed by atoms with Gasteiger partial charge in [-0.15, -0.1) is 0 Å². The molecule has 0 heterocycles. The first-order chi connectivity index (χ1) is 12.7. The summed E-state index contributed by atoms with van der Waals surface area (Å²) in [5.41, 5.74) is 3.95. The lowest BCUT2D eigenvalue weighted by Crippen LogP contribution is -2.24. The van der Waals surface area contributed by atoms with Crippen LogP contribution in [0.4, 0.5) is 10.5 Å². The minimum absolute atomic E-state index is 0.418. The first-order valence-electron chi connectivity index (χ1n) is 8.01. The Hall–Kier alpha value is -3.54. The lowest BCUT2D eigenvalue weighted by Gasteiger charge is -2.08. The van der Waals surface area contributed by atoms with Crippen molar-refractivity contribution < 1.29 is 14.3 Å². The summed E-state index contributed by atoms with van der Waals surface area (Å²) in [6.45, 7) is 0. The number of ether oxygens (including phenoxy) is 2. The summed E-state index contributed by atoms with van der Waals surface area (Å²) in [5, 5.41) is 8.79. The third-order valence-corrected chi connectivity index (χ3v) is 3.83. The number of benzene rings is 3. The van der Waals surface area contributed by atoms with Crippen LogP contribution in [0.15, 0.2) is 65.8 Å². The first kappa shape index (κ1) is 17.3. The third kappa shape index (κ3) is 3.92. The quantitative estimate of drug-likeness (QED) is 0.540. The van der Waals surface area contributed by atoms with Crippen LogP contribution < -0.4 is 20.2 Å². The Morgan fingerprint density at radius 2 is 1.73 bits per heavy atom. The van der Waals surface area contributed by atoms with Gasteiger partial charge in [0.2, 0.25) is 0 Å². The second kappa shape index (κ2) is 8.02. The largest absolute Gasteiger partial charge is 0.493 e. The Balaban J connectivity index is 1.66. The Morgan fingerprint density at radius 1 is 0.962 bits per heavy atom. The van der Waals surface area contributed by atoms with Crippen LogP contribution >= 0.6 is 0 Å². The summed E-state index contributed by atoms with van der Waals surface area (Å²) in [4.78, 5) is 12.1. The van der Waals surface area contributed by atoms with Crippen LogP contribution in [0.3, 0.4) is 0 Å². The molecular weight excluding hydrogens is 330 g/mol. The maximum absolute atomic E-state index is 12.1. The molecule has 0 spiro atoms. The molecule has 0 unspecified atom stereocenters. The van der Waals surface area contributed by atoms with E-state index in [9.17, 15) is 4.79 Å². The van der Waals surface area contributed by atoms with Gasteiger partial charge in [-0.05, 0) is 35.2 Å². The third-order valence-electron chi connectivity index (χ3n) is 3.83. The molecule has 3 aromatic rings. The SMILES string of the molecule is COc1ccc(/C=N/NC(=O)Nc2cccc3ccccc23)cc1OC. The molecule has 0 aliphatic rings. The molecule has 2 N–H and O–H groups in total. The molecule has 0 atom stereocenters. The average Bonchev–Trinajstić information content (AvgIpc) is 2.68. The highest BCUT2D eigenvalue weighted by Crippen LogP contribution is 2.27. The molecular formula is C20H19N3O3. The van der Waals surface area contributed by atoms with E-state index in [1.54, 1.807) is 26.4 Å². The molecule has 6 nitrogen and oxygen atoms in total.